The van der Waals surface area contributed by atoms with Crippen molar-refractivity contribution in [3.05, 3.63) is 11.9 Å². The fourth-order valence-electron chi connectivity index (χ4n) is 1.69. The number of aryl methyl sites for hydroxylation is 2. The van der Waals surface area contributed by atoms with Gasteiger partial charge in [-0.2, -0.15) is 5.10 Å². The fraction of sp³-hybridized carbons (Fsp3) is 0.400. The minimum absolute atomic E-state index is 0.0974. The van der Waals surface area contributed by atoms with Crippen LogP contribution in [0.3, 0.4) is 0 Å². The van der Waals surface area contributed by atoms with E-state index in [9.17, 15) is 4.79 Å². The minimum atomic E-state index is -0.917. The first-order valence-corrected chi connectivity index (χ1v) is 6.59. The highest BCUT2D eigenvalue weighted by molar-refractivity contribution is 7.99. The van der Waals surface area contributed by atoms with Gasteiger partial charge < -0.3 is 10.8 Å². The highest BCUT2D eigenvalue weighted by atomic mass is 32.2. The highest BCUT2D eigenvalue weighted by Gasteiger charge is 2.17. The Labute approximate surface area is 113 Å². The molecule has 0 unspecified atom stereocenters. The molecule has 0 bridgehead atoms. The highest BCUT2D eigenvalue weighted by Crippen LogP contribution is 2.25. The average Bonchev–Trinajstić information content (AvgIpc) is 2.89. The zero-order chi connectivity index (χ0) is 14.0. The van der Waals surface area contributed by atoms with Crippen molar-refractivity contribution in [1.82, 2.24) is 24.5 Å². The Morgan fingerprint density at radius 3 is 2.89 bits per heavy atom. The van der Waals surface area contributed by atoms with Crippen molar-refractivity contribution in [2.45, 2.75) is 18.5 Å². The molecule has 2 aromatic rings. The van der Waals surface area contributed by atoms with E-state index in [0.717, 1.165) is 29.6 Å². The second-order valence-corrected chi connectivity index (χ2v) is 4.79. The quantitative estimate of drug-likeness (QED) is 0.759. The summed E-state index contributed by atoms with van der Waals surface area (Å²) in [5.41, 5.74) is 7.44. The molecule has 8 nitrogen and oxygen atoms in total. The van der Waals surface area contributed by atoms with E-state index in [1.807, 2.05) is 20.2 Å². The van der Waals surface area contributed by atoms with Crippen LogP contribution in [-0.2, 0) is 18.3 Å². The Hall–Kier alpha value is -2.03. The van der Waals surface area contributed by atoms with Crippen LogP contribution in [0.5, 0.6) is 0 Å². The maximum absolute atomic E-state index is 10.6. The average molecular weight is 282 g/mol. The van der Waals surface area contributed by atoms with Gasteiger partial charge in [-0.3, -0.25) is 14.0 Å². The molecule has 2 aromatic heterocycles. The van der Waals surface area contributed by atoms with Crippen LogP contribution in [-0.4, -0.2) is 41.4 Å². The lowest BCUT2D eigenvalue weighted by Crippen LogP contribution is -2.05. The van der Waals surface area contributed by atoms with Gasteiger partial charge in [-0.25, -0.2) is 0 Å². The Balaban J connectivity index is 2.42. The Kier molecular flexibility index (Phi) is 3.74. The van der Waals surface area contributed by atoms with Crippen molar-refractivity contribution in [1.29, 1.82) is 0 Å². The monoisotopic (exact) mass is 282 g/mol. The van der Waals surface area contributed by atoms with Crippen LogP contribution < -0.4 is 5.73 Å². The second kappa shape index (κ2) is 5.31. The normalized spacial score (nSPS) is 10.8. The lowest BCUT2D eigenvalue weighted by molar-refractivity contribution is -0.133. The van der Waals surface area contributed by atoms with E-state index in [0.29, 0.717) is 5.16 Å². The first-order valence-electron chi connectivity index (χ1n) is 5.61. The van der Waals surface area contributed by atoms with Gasteiger partial charge in [0.15, 0.2) is 5.16 Å². The summed E-state index contributed by atoms with van der Waals surface area (Å²) in [5, 5.41) is 21.2. The molecule has 0 spiro atoms. The Morgan fingerprint density at radius 1 is 1.53 bits per heavy atom. The summed E-state index contributed by atoms with van der Waals surface area (Å²) in [6, 6.07) is 0. The summed E-state index contributed by atoms with van der Waals surface area (Å²) in [6.07, 6.45) is 2.54. The SMILES string of the molecule is CCc1nn(C)cc1-n1c(N)nnc1SCC(=O)O. The summed E-state index contributed by atoms with van der Waals surface area (Å²) in [7, 11) is 1.81. The van der Waals surface area contributed by atoms with E-state index < -0.39 is 5.97 Å². The van der Waals surface area contributed by atoms with Gasteiger partial charge in [0.1, 0.15) is 0 Å². The van der Waals surface area contributed by atoms with Crippen LogP contribution >= 0.6 is 11.8 Å². The molecule has 0 aliphatic rings. The zero-order valence-corrected chi connectivity index (χ0v) is 11.4. The van der Waals surface area contributed by atoms with E-state index in [1.54, 1.807) is 9.25 Å². The number of hydrogen-bond acceptors (Lipinski definition) is 6. The fourth-order valence-corrected chi connectivity index (χ4v) is 2.36. The molecule has 9 heteroatoms. The predicted molar refractivity (Wildman–Crippen MR) is 70.3 cm³/mol. The van der Waals surface area contributed by atoms with Crippen LogP contribution in [0.15, 0.2) is 11.4 Å². The molecule has 0 fully saturated rings. The maximum Gasteiger partial charge on any atom is 0.313 e. The van der Waals surface area contributed by atoms with Crippen LogP contribution in [0, 0.1) is 0 Å². The van der Waals surface area contributed by atoms with Gasteiger partial charge in [0, 0.05) is 13.2 Å². The summed E-state index contributed by atoms with van der Waals surface area (Å²) < 4.78 is 3.30. The zero-order valence-electron chi connectivity index (χ0n) is 10.6. The molecule has 0 atom stereocenters. The standard InChI is InChI=1S/C10H14N6O2S/c1-3-6-7(4-15(2)14-6)16-9(11)12-13-10(16)19-5-8(17)18/h4H,3,5H2,1-2H3,(H2,11,12)(H,17,18). The molecule has 19 heavy (non-hydrogen) atoms. The molecule has 0 aliphatic carbocycles. The second-order valence-electron chi connectivity index (χ2n) is 3.85. The maximum atomic E-state index is 10.6. The van der Waals surface area contributed by atoms with E-state index >= 15 is 0 Å². The van der Waals surface area contributed by atoms with Crippen molar-refractivity contribution in [3.8, 4) is 5.69 Å². The van der Waals surface area contributed by atoms with Crippen LogP contribution in [0.4, 0.5) is 5.95 Å². The third kappa shape index (κ3) is 2.70. The summed E-state index contributed by atoms with van der Waals surface area (Å²) in [5.74, 6) is -0.796. The predicted octanol–water partition coefficient (Wildman–Crippen LogP) is 0.322. The lowest BCUT2D eigenvalue weighted by Gasteiger charge is -2.06. The molecule has 0 radical (unpaired) electrons. The van der Waals surface area contributed by atoms with Crippen LogP contribution in [0.25, 0.3) is 5.69 Å². The summed E-state index contributed by atoms with van der Waals surface area (Å²) >= 11 is 1.07. The number of thioether (sulfide) groups is 1. The third-order valence-electron chi connectivity index (χ3n) is 2.44. The van der Waals surface area contributed by atoms with E-state index in [4.69, 9.17) is 10.8 Å². The van der Waals surface area contributed by atoms with Gasteiger partial charge in [0.05, 0.1) is 17.1 Å². The van der Waals surface area contributed by atoms with E-state index in [2.05, 4.69) is 15.3 Å². The minimum Gasteiger partial charge on any atom is -0.481 e. The number of carboxylic acid groups (broad SMARTS) is 1. The number of carboxylic acids is 1. The largest absolute Gasteiger partial charge is 0.481 e. The molecule has 2 rings (SSSR count). The molecular formula is C10H14N6O2S. The molecule has 0 aliphatic heterocycles. The van der Waals surface area contributed by atoms with Crippen molar-refractivity contribution < 1.29 is 9.90 Å². The Bertz CT molecular complexity index is 605. The molecule has 0 aromatic carbocycles. The van der Waals surface area contributed by atoms with E-state index in [1.165, 1.54) is 0 Å². The van der Waals surface area contributed by atoms with Gasteiger partial charge in [0.2, 0.25) is 5.95 Å². The number of rotatable bonds is 5. The topological polar surface area (TPSA) is 112 Å². The molecule has 0 saturated heterocycles. The number of aliphatic carboxylic acids is 1. The molecular weight excluding hydrogens is 268 g/mol. The van der Waals surface area contributed by atoms with Crippen LogP contribution in [0.1, 0.15) is 12.6 Å². The first kappa shape index (κ1) is 13.4. The summed E-state index contributed by atoms with van der Waals surface area (Å²) in [6.45, 7) is 1.98. The third-order valence-corrected chi connectivity index (χ3v) is 3.36. The van der Waals surface area contributed by atoms with Gasteiger partial charge in [-0.1, -0.05) is 18.7 Å². The number of nitrogens with two attached hydrogens (primary N) is 1. The van der Waals surface area contributed by atoms with Crippen molar-refractivity contribution >= 4 is 23.7 Å². The number of carbonyl (C=O) groups is 1. The first-order chi connectivity index (χ1) is 9.02. The molecule has 3 N–H and O–H groups in total. The number of anilines is 1. The van der Waals surface area contributed by atoms with Crippen molar-refractivity contribution in [2.75, 3.05) is 11.5 Å². The van der Waals surface area contributed by atoms with E-state index in [-0.39, 0.29) is 11.7 Å². The smallest absolute Gasteiger partial charge is 0.313 e. The summed E-state index contributed by atoms with van der Waals surface area (Å²) in [4.78, 5) is 10.6. The molecule has 102 valence electrons. The Morgan fingerprint density at radius 2 is 2.26 bits per heavy atom. The van der Waals surface area contributed by atoms with Crippen LogP contribution in [0.2, 0.25) is 0 Å². The molecule has 0 amide bonds. The van der Waals surface area contributed by atoms with Gasteiger partial charge in [-0.05, 0) is 6.42 Å². The van der Waals surface area contributed by atoms with Crippen molar-refractivity contribution in [3.63, 3.8) is 0 Å². The number of nitrogen functional groups attached to an aromatic ring is 1. The van der Waals surface area contributed by atoms with Gasteiger partial charge >= 0.3 is 5.97 Å². The lowest BCUT2D eigenvalue weighted by atomic mass is 10.3. The number of nitrogens with zero attached hydrogens (tertiary/aromatic N) is 5. The van der Waals surface area contributed by atoms with Gasteiger partial charge in [0.25, 0.3) is 0 Å². The number of hydrogen-bond donors (Lipinski definition) is 2. The van der Waals surface area contributed by atoms with Crippen molar-refractivity contribution in [2.24, 2.45) is 7.05 Å². The molecule has 0 saturated carbocycles. The van der Waals surface area contributed by atoms with Gasteiger partial charge in [-0.15, -0.1) is 10.2 Å². The number of aromatic nitrogens is 5. The molecule has 2 heterocycles.